The highest BCUT2D eigenvalue weighted by atomic mass is 16.1. The van der Waals surface area contributed by atoms with E-state index < -0.39 is 0 Å². The first-order valence-electron chi connectivity index (χ1n) is 6.73. The minimum atomic E-state index is -0.162. The number of carbonyl (C=O) groups excluding carboxylic acids is 1. The van der Waals surface area contributed by atoms with Crippen molar-refractivity contribution in [3.8, 4) is 12.3 Å². The molecule has 1 amide bonds. The number of benzene rings is 1. The molecule has 3 nitrogen and oxygen atoms in total. The summed E-state index contributed by atoms with van der Waals surface area (Å²) in [6.45, 7) is 2.04. The molecular weight excluding hydrogens is 236 g/mol. The third kappa shape index (κ3) is 5.58. The molecule has 0 fully saturated rings. The van der Waals surface area contributed by atoms with Gasteiger partial charge in [-0.25, -0.2) is 0 Å². The Morgan fingerprint density at radius 3 is 2.63 bits per heavy atom. The molecule has 0 saturated heterocycles. The van der Waals surface area contributed by atoms with E-state index in [2.05, 4.69) is 11.2 Å². The van der Waals surface area contributed by atoms with E-state index in [0.29, 0.717) is 12.8 Å². The first-order chi connectivity index (χ1) is 9.17. The molecular formula is C16H22N2O. The van der Waals surface area contributed by atoms with Crippen LogP contribution in [0.4, 0.5) is 0 Å². The van der Waals surface area contributed by atoms with Gasteiger partial charge in [-0.3, -0.25) is 4.79 Å². The van der Waals surface area contributed by atoms with E-state index in [9.17, 15) is 4.79 Å². The van der Waals surface area contributed by atoms with Gasteiger partial charge >= 0.3 is 0 Å². The minimum absolute atomic E-state index is 0.0252. The fourth-order valence-electron chi connectivity index (χ4n) is 1.91. The number of rotatable bonds is 7. The normalized spacial score (nSPS) is 13.3. The van der Waals surface area contributed by atoms with Crippen LogP contribution < -0.4 is 11.1 Å². The monoisotopic (exact) mass is 258 g/mol. The topological polar surface area (TPSA) is 55.1 Å². The molecule has 2 atom stereocenters. The lowest BCUT2D eigenvalue weighted by molar-refractivity contribution is -0.121. The van der Waals surface area contributed by atoms with Gasteiger partial charge in [0.25, 0.3) is 0 Å². The summed E-state index contributed by atoms with van der Waals surface area (Å²) in [4.78, 5) is 11.8. The van der Waals surface area contributed by atoms with Gasteiger partial charge in [0.05, 0.1) is 6.04 Å². The zero-order chi connectivity index (χ0) is 14.1. The molecule has 3 heteroatoms. The van der Waals surface area contributed by atoms with Gasteiger partial charge in [-0.1, -0.05) is 49.6 Å². The largest absolute Gasteiger partial charge is 0.342 e. The molecule has 0 bridgehead atoms. The van der Waals surface area contributed by atoms with Crippen molar-refractivity contribution in [3.05, 3.63) is 35.9 Å². The molecule has 1 aromatic carbocycles. The van der Waals surface area contributed by atoms with Gasteiger partial charge in [-0.2, -0.15) is 0 Å². The molecule has 3 N–H and O–H groups in total. The number of carbonyl (C=O) groups is 1. The van der Waals surface area contributed by atoms with Gasteiger partial charge in [0, 0.05) is 12.5 Å². The van der Waals surface area contributed by atoms with Gasteiger partial charge in [-0.05, 0) is 18.4 Å². The van der Waals surface area contributed by atoms with Crippen molar-refractivity contribution in [1.82, 2.24) is 5.32 Å². The first-order valence-corrected chi connectivity index (χ1v) is 6.73. The van der Waals surface area contributed by atoms with Crippen LogP contribution >= 0.6 is 0 Å². The van der Waals surface area contributed by atoms with Crippen LogP contribution in [-0.2, 0) is 4.79 Å². The van der Waals surface area contributed by atoms with Crippen LogP contribution in [0.25, 0.3) is 0 Å². The van der Waals surface area contributed by atoms with Gasteiger partial charge < -0.3 is 11.1 Å². The van der Waals surface area contributed by atoms with Crippen molar-refractivity contribution >= 4 is 5.91 Å². The highest BCUT2D eigenvalue weighted by Gasteiger charge is 2.11. The molecule has 0 saturated carbocycles. The lowest BCUT2D eigenvalue weighted by atomic mass is 10.0. The van der Waals surface area contributed by atoms with E-state index in [1.807, 2.05) is 37.3 Å². The third-order valence-corrected chi connectivity index (χ3v) is 3.02. The van der Waals surface area contributed by atoms with Gasteiger partial charge in [-0.15, -0.1) is 6.42 Å². The number of hydrogen-bond acceptors (Lipinski definition) is 2. The molecule has 2 unspecified atom stereocenters. The van der Waals surface area contributed by atoms with Crippen LogP contribution in [0.5, 0.6) is 0 Å². The summed E-state index contributed by atoms with van der Waals surface area (Å²) in [6.07, 6.45) is 8.16. The molecule has 0 aliphatic carbocycles. The molecule has 0 aliphatic heterocycles. The number of nitrogens with two attached hydrogens (primary N) is 1. The molecule has 0 aliphatic rings. The number of hydrogen-bond donors (Lipinski definition) is 2. The van der Waals surface area contributed by atoms with Crippen LogP contribution in [0.15, 0.2) is 30.3 Å². The minimum Gasteiger partial charge on any atom is -0.342 e. The lowest BCUT2D eigenvalue weighted by Crippen LogP contribution is -2.33. The van der Waals surface area contributed by atoms with E-state index in [1.54, 1.807) is 0 Å². The van der Waals surface area contributed by atoms with Gasteiger partial charge in [0.2, 0.25) is 5.91 Å². The highest BCUT2D eigenvalue weighted by molar-refractivity contribution is 5.76. The Kier molecular flexibility index (Phi) is 6.70. The van der Waals surface area contributed by atoms with E-state index >= 15 is 0 Å². The molecule has 0 spiro atoms. The van der Waals surface area contributed by atoms with Crippen molar-refractivity contribution in [2.24, 2.45) is 5.73 Å². The van der Waals surface area contributed by atoms with Crippen molar-refractivity contribution < 1.29 is 4.79 Å². The second kappa shape index (κ2) is 8.34. The number of amides is 1. The summed E-state index contributed by atoms with van der Waals surface area (Å²) < 4.78 is 0. The molecule has 1 rings (SSSR count). The second-order valence-corrected chi connectivity index (χ2v) is 4.63. The van der Waals surface area contributed by atoms with Crippen LogP contribution in [0.3, 0.4) is 0 Å². The fourth-order valence-corrected chi connectivity index (χ4v) is 1.91. The maximum Gasteiger partial charge on any atom is 0.221 e. The summed E-state index contributed by atoms with van der Waals surface area (Å²) in [5.74, 6) is 2.56. The Hall–Kier alpha value is -1.79. The quantitative estimate of drug-likeness (QED) is 0.738. The summed E-state index contributed by atoms with van der Waals surface area (Å²) in [5.41, 5.74) is 7.10. The Bertz CT molecular complexity index is 422. The summed E-state index contributed by atoms with van der Waals surface area (Å²) in [6, 6.07) is 9.53. The van der Waals surface area contributed by atoms with Crippen molar-refractivity contribution in [1.29, 1.82) is 0 Å². The average Bonchev–Trinajstić information content (AvgIpc) is 2.45. The number of terminal acetylenes is 1. The fraction of sp³-hybridized carbons (Fsp3) is 0.438. The highest BCUT2D eigenvalue weighted by Crippen LogP contribution is 2.14. The Morgan fingerprint density at radius 1 is 1.37 bits per heavy atom. The van der Waals surface area contributed by atoms with E-state index in [1.165, 1.54) is 0 Å². The molecule has 19 heavy (non-hydrogen) atoms. The summed E-state index contributed by atoms with van der Waals surface area (Å²) >= 11 is 0. The van der Waals surface area contributed by atoms with E-state index in [4.69, 9.17) is 12.2 Å². The van der Waals surface area contributed by atoms with Crippen LogP contribution in [-0.4, -0.2) is 11.9 Å². The van der Waals surface area contributed by atoms with Crippen molar-refractivity contribution in [2.45, 2.75) is 44.7 Å². The third-order valence-electron chi connectivity index (χ3n) is 3.02. The van der Waals surface area contributed by atoms with Gasteiger partial charge in [0.1, 0.15) is 0 Å². The van der Waals surface area contributed by atoms with Crippen LogP contribution in [0.1, 0.15) is 44.2 Å². The second-order valence-electron chi connectivity index (χ2n) is 4.63. The number of nitrogens with one attached hydrogen (secondary N) is 1. The molecule has 102 valence electrons. The lowest BCUT2D eigenvalue weighted by Gasteiger charge is -2.14. The Morgan fingerprint density at radius 2 is 2.05 bits per heavy atom. The van der Waals surface area contributed by atoms with Crippen molar-refractivity contribution in [3.63, 3.8) is 0 Å². The SMILES string of the molecule is C#CC(CCC)NC(=O)CCC(N)c1ccccc1. The standard InChI is InChI=1S/C16H22N2O/c1-3-8-14(4-2)18-16(19)12-11-15(17)13-9-6-5-7-10-13/h2,5-7,9-10,14-15H,3,8,11-12,17H2,1H3,(H,18,19). The first kappa shape index (κ1) is 15.3. The maximum atomic E-state index is 11.8. The molecule has 0 aromatic heterocycles. The summed E-state index contributed by atoms with van der Waals surface area (Å²) in [5, 5.41) is 2.84. The summed E-state index contributed by atoms with van der Waals surface area (Å²) in [7, 11) is 0. The molecule has 0 heterocycles. The zero-order valence-corrected chi connectivity index (χ0v) is 11.4. The van der Waals surface area contributed by atoms with Crippen molar-refractivity contribution in [2.75, 3.05) is 0 Å². The van der Waals surface area contributed by atoms with Crippen LogP contribution in [0, 0.1) is 12.3 Å². The Balaban J connectivity index is 2.36. The average molecular weight is 258 g/mol. The Labute approximate surface area is 115 Å². The van der Waals surface area contributed by atoms with Crippen LogP contribution in [0.2, 0.25) is 0 Å². The van der Waals surface area contributed by atoms with Gasteiger partial charge in [0.15, 0.2) is 0 Å². The predicted octanol–water partition coefficient (Wildman–Crippen LogP) is 2.38. The maximum absolute atomic E-state index is 11.8. The predicted molar refractivity (Wildman–Crippen MR) is 78.3 cm³/mol. The van der Waals surface area contributed by atoms with E-state index in [0.717, 1.165) is 18.4 Å². The van der Waals surface area contributed by atoms with E-state index in [-0.39, 0.29) is 18.0 Å². The zero-order valence-electron chi connectivity index (χ0n) is 11.4. The molecule has 0 radical (unpaired) electrons. The smallest absolute Gasteiger partial charge is 0.221 e. The molecule has 1 aromatic rings.